The summed E-state index contributed by atoms with van der Waals surface area (Å²) in [5.41, 5.74) is 0.640. The van der Waals surface area contributed by atoms with Gasteiger partial charge in [0.05, 0.1) is 9.82 Å². The maximum Gasteiger partial charge on any atom is 0.306 e. The molecule has 0 unspecified atom stereocenters. The molecule has 0 atom stereocenters. The number of aromatic nitrogens is 2. The first-order valence-corrected chi connectivity index (χ1v) is 6.72. The van der Waals surface area contributed by atoms with Gasteiger partial charge in [-0.25, -0.2) is 4.98 Å². The number of nitro benzene ring substituents is 1. The van der Waals surface area contributed by atoms with Crippen LogP contribution in [0.15, 0.2) is 40.6 Å². The van der Waals surface area contributed by atoms with Crippen LogP contribution in [0.4, 0.5) is 11.4 Å². The lowest BCUT2D eigenvalue weighted by atomic mass is 10.2. The van der Waals surface area contributed by atoms with Crippen molar-refractivity contribution < 1.29 is 4.92 Å². The fourth-order valence-corrected chi connectivity index (χ4v) is 2.48. The van der Waals surface area contributed by atoms with Gasteiger partial charge < -0.3 is 10.3 Å². The summed E-state index contributed by atoms with van der Waals surface area (Å²) in [5.74, 6) is 0. The van der Waals surface area contributed by atoms with E-state index in [9.17, 15) is 10.1 Å². The number of para-hydroxylation sites is 1. The molecule has 2 N–H and O–H groups in total. The Bertz CT molecular complexity index is 557. The van der Waals surface area contributed by atoms with Crippen LogP contribution in [0.3, 0.4) is 0 Å². The highest BCUT2D eigenvalue weighted by molar-refractivity contribution is 7.99. The smallest absolute Gasteiger partial charge is 0.306 e. The van der Waals surface area contributed by atoms with Crippen molar-refractivity contribution >= 4 is 23.1 Å². The summed E-state index contributed by atoms with van der Waals surface area (Å²) < 4.78 is 0. The highest BCUT2D eigenvalue weighted by Crippen LogP contribution is 2.37. The van der Waals surface area contributed by atoms with E-state index in [-0.39, 0.29) is 10.6 Å². The summed E-state index contributed by atoms with van der Waals surface area (Å²) in [5, 5.41) is 15.0. The van der Waals surface area contributed by atoms with Crippen molar-refractivity contribution in [1.82, 2.24) is 9.97 Å². The topological polar surface area (TPSA) is 83.8 Å². The number of imidazole rings is 1. The van der Waals surface area contributed by atoms with Gasteiger partial charge in [0, 0.05) is 18.9 Å². The van der Waals surface area contributed by atoms with E-state index in [2.05, 4.69) is 15.3 Å². The molecule has 0 spiro atoms. The molecule has 0 aliphatic rings. The molecule has 2 rings (SSSR count). The Hall–Kier alpha value is -2.02. The first-order valence-electron chi connectivity index (χ1n) is 5.91. The fourth-order valence-electron chi connectivity index (χ4n) is 1.61. The van der Waals surface area contributed by atoms with E-state index in [4.69, 9.17) is 0 Å². The van der Waals surface area contributed by atoms with Crippen LogP contribution < -0.4 is 5.32 Å². The van der Waals surface area contributed by atoms with Crippen molar-refractivity contribution in [3.63, 3.8) is 0 Å². The molecule has 6 nitrogen and oxygen atoms in total. The zero-order chi connectivity index (χ0) is 13.7. The van der Waals surface area contributed by atoms with Crippen LogP contribution in [0, 0.1) is 10.1 Å². The second kappa shape index (κ2) is 6.24. The summed E-state index contributed by atoms with van der Waals surface area (Å²) in [4.78, 5) is 18.5. The second-order valence-electron chi connectivity index (χ2n) is 3.83. The van der Waals surface area contributed by atoms with Gasteiger partial charge in [-0.05, 0) is 30.3 Å². The number of aromatic amines is 1. The highest BCUT2D eigenvalue weighted by atomic mass is 32.2. The molecule has 0 fully saturated rings. The van der Waals surface area contributed by atoms with Crippen LogP contribution in [0.5, 0.6) is 0 Å². The van der Waals surface area contributed by atoms with E-state index in [0.717, 1.165) is 6.42 Å². The van der Waals surface area contributed by atoms with Crippen LogP contribution >= 0.6 is 11.8 Å². The number of nitrogens with one attached hydrogen (secondary N) is 2. The largest absolute Gasteiger partial charge is 0.379 e. The summed E-state index contributed by atoms with van der Waals surface area (Å²) >= 11 is 1.25. The Kier molecular flexibility index (Phi) is 4.40. The molecule has 0 aliphatic carbocycles. The van der Waals surface area contributed by atoms with Gasteiger partial charge in [-0.15, -0.1) is 0 Å². The highest BCUT2D eigenvalue weighted by Gasteiger charge is 2.20. The lowest BCUT2D eigenvalue weighted by molar-refractivity contribution is -0.386. The van der Waals surface area contributed by atoms with Gasteiger partial charge in [0.1, 0.15) is 5.69 Å². The molecule has 7 heteroatoms. The van der Waals surface area contributed by atoms with Crippen molar-refractivity contribution in [2.45, 2.75) is 23.4 Å². The number of rotatable bonds is 6. The van der Waals surface area contributed by atoms with E-state index in [0.29, 0.717) is 22.3 Å². The number of nitrogens with zero attached hydrogens (tertiary/aromatic N) is 2. The zero-order valence-corrected chi connectivity index (χ0v) is 11.2. The molecule has 0 radical (unpaired) electrons. The molecule has 0 saturated heterocycles. The van der Waals surface area contributed by atoms with E-state index in [1.165, 1.54) is 11.8 Å². The Morgan fingerprint density at radius 2 is 2.37 bits per heavy atom. The number of hydrogen-bond acceptors (Lipinski definition) is 5. The van der Waals surface area contributed by atoms with Crippen molar-refractivity contribution in [3.05, 3.63) is 40.7 Å². The number of nitro groups is 1. The molecule has 1 heterocycles. The molecule has 2 aromatic rings. The summed E-state index contributed by atoms with van der Waals surface area (Å²) in [6.07, 6.45) is 4.22. The fraction of sp³-hybridized carbons (Fsp3) is 0.250. The maximum atomic E-state index is 11.3. The summed E-state index contributed by atoms with van der Waals surface area (Å²) in [7, 11) is 0. The quantitative estimate of drug-likeness (QED) is 0.625. The Morgan fingerprint density at radius 1 is 1.53 bits per heavy atom. The molecule has 100 valence electrons. The van der Waals surface area contributed by atoms with Crippen molar-refractivity contribution in [1.29, 1.82) is 0 Å². The van der Waals surface area contributed by atoms with Gasteiger partial charge in [-0.3, -0.25) is 10.1 Å². The van der Waals surface area contributed by atoms with Gasteiger partial charge in [-0.2, -0.15) is 0 Å². The summed E-state index contributed by atoms with van der Waals surface area (Å²) in [6, 6.07) is 5.25. The van der Waals surface area contributed by atoms with E-state index < -0.39 is 0 Å². The second-order valence-corrected chi connectivity index (χ2v) is 4.86. The number of anilines is 1. The van der Waals surface area contributed by atoms with E-state index in [1.807, 2.05) is 6.92 Å². The summed E-state index contributed by atoms with van der Waals surface area (Å²) in [6.45, 7) is 2.72. The van der Waals surface area contributed by atoms with Gasteiger partial charge in [0.2, 0.25) is 0 Å². The minimum absolute atomic E-state index is 0.0948. The molecule has 0 saturated carbocycles. The molecule has 0 aliphatic heterocycles. The Morgan fingerprint density at radius 3 is 3.00 bits per heavy atom. The van der Waals surface area contributed by atoms with Gasteiger partial charge in [0.25, 0.3) is 0 Å². The minimum Gasteiger partial charge on any atom is -0.379 e. The van der Waals surface area contributed by atoms with Gasteiger partial charge in [-0.1, -0.05) is 13.0 Å². The SMILES string of the molecule is CCCNc1cccc(Sc2ncc[nH]2)c1[N+](=O)[O-]. The van der Waals surface area contributed by atoms with Crippen LogP contribution in [0.25, 0.3) is 0 Å². The number of H-pyrrole nitrogens is 1. The lowest BCUT2D eigenvalue weighted by Crippen LogP contribution is -2.04. The van der Waals surface area contributed by atoms with E-state index in [1.54, 1.807) is 30.6 Å². The minimum atomic E-state index is -0.358. The lowest BCUT2D eigenvalue weighted by Gasteiger charge is -2.08. The number of benzene rings is 1. The first kappa shape index (κ1) is 13.4. The molecule has 1 aromatic heterocycles. The van der Waals surface area contributed by atoms with Crippen LogP contribution in [0.2, 0.25) is 0 Å². The number of hydrogen-bond donors (Lipinski definition) is 2. The van der Waals surface area contributed by atoms with Crippen LogP contribution in [-0.2, 0) is 0 Å². The normalized spacial score (nSPS) is 10.4. The molecular weight excluding hydrogens is 264 g/mol. The predicted octanol–water partition coefficient (Wildman–Crippen LogP) is 3.29. The average molecular weight is 278 g/mol. The Labute approximate surface area is 114 Å². The van der Waals surface area contributed by atoms with Crippen LogP contribution in [-0.4, -0.2) is 21.4 Å². The van der Waals surface area contributed by atoms with E-state index >= 15 is 0 Å². The average Bonchev–Trinajstić information content (AvgIpc) is 2.89. The standard InChI is InChI=1S/C12H14N4O2S/c1-2-6-13-9-4-3-5-10(11(9)16(17)18)19-12-14-7-8-15-12/h3-5,7-8,13H,2,6H2,1H3,(H,14,15). The van der Waals surface area contributed by atoms with Crippen molar-refractivity contribution in [2.75, 3.05) is 11.9 Å². The first-order chi connectivity index (χ1) is 9.22. The van der Waals surface area contributed by atoms with Gasteiger partial charge in [0.15, 0.2) is 5.16 Å². The molecular formula is C12H14N4O2S. The zero-order valence-electron chi connectivity index (χ0n) is 10.4. The third kappa shape index (κ3) is 3.25. The molecule has 0 amide bonds. The van der Waals surface area contributed by atoms with Crippen molar-refractivity contribution in [3.8, 4) is 0 Å². The molecule has 0 bridgehead atoms. The predicted molar refractivity (Wildman–Crippen MR) is 74.6 cm³/mol. The third-order valence-corrected chi connectivity index (χ3v) is 3.39. The van der Waals surface area contributed by atoms with Gasteiger partial charge >= 0.3 is 5.69 Å². The molecule has 19 heavy (non-hydrogen) atoms. The Balaban J connectivity index is 2.33. The third-order valence-electron chi connectivity index (χ3n) is 2.43. The molecule has 1 aromatic carbocycles. The monoisotopic (exact) mass is 278 g/mol. The van der Waals surface area contributed by atoms with Crippen LogP contribution in [0.1, 0.15) is 13.3 Å². The van der Waals surface area contributed by atoms with Crippen molar-refractivity contribution in [2.24, 2.45) is 0 Å². The maximum absolute atomic E-state index is 11.3.